The highest BCUT2D eigenvalue weighted by molar-refractivity contribution is 5.99. The van der Waals surface area contributed by atoms with E-state index in [1.165, 1.54) is 33.9 Å². The van der Waals surface area contributed by atoms with Crippen LogP contribution in [0.4, 0.5) is 0 Å². The first-order valence-electron chi connectivity index (χ1n) is 5.71. The molecule has 1 N–H and O–H groups in total. The quantitative estimate of drug-likeness (QED) is 0.824. The predicted molar refractivity (Wildman–Crippen MR) is 68.0 cm³/mol. The molecule has 0 aliphatic rings. The molecule has 0 saturated heterocycles. The number of hydrogen-bond acceptors (Lipinski definition) is 5. The molecule has 0 bridgehead atoms. The molecule has 0 saturated carbocycles. The summed E-state index contributed by atoms with van der Waals surface area (Å²) in [5.74, 6) is -0.842. The third kappa shape index (κ3) is 3.21. The van der Waals surface area contributed by atoms with Gasteiger partial charge in [-0.3, -0.25) is 4.79 Å². The number of ether oxygens (including phenoxy) is 1. The largest absolute Gasteiger partial charge is 0.467 e. The zero-order valence-electron chi connectivity index (χ0n) is 11.6. The van der Waals surface area contributed by atoms with Gasteiger partial charge in [0, 0.05) is 6.07 Å². The summed E-state index contributed by atoms with van der Waals surface area (Å²) in [6.45, 7) is 6.21. The number of esters is 1. The van der Waals surface area contributed by atoms with E-state index in [4.69, 9.17) is 4.42 Å². The first-order valence-corrected chi connectivity index (χ1v) is 5.71. The number of carbonyl (C=O) groups excluding carboxylic acids is 2. The lowest BCUT2D eigenvalue weighted by atomic mass is 10.0. The Labute approximate surface area is 110 Å². The monoisotopic (exact) mass is 267 g/mol. The molecule has 6 nitrogen and oxygen atoms in total. The van der Waals surface area contributed by atoms with E-state index < -0.39 is 23.0 Å². The molecule has 1 amide bonds. The van der Waals surface area contributed by atoms with Crippen molar-refractivity contribution < 1.29 is 18.7 Å². The Kier molecular flexibility index (Phi) is 4.14. The fourth-order valence-electron chi connectivity index (χ4n) is 1.75. The van der Waals surface area contributed by atoms with Crippen molar-refractivity contribution in [2.45, 2.75) is 33.2 Å². The van der Waals surface area contributed by atoms with Crippen molar-refractivity contribution in [2.24, 2.45) is 0 Å². The summed E-state index contributed by atoms with van der Waals surface area (Å²) in [6.07, 6.45) is 0. The van der Waals surface area contributed by atoms with Gasteiger partial charge in [-0.15, -0.1) is 0 Å². The molecule has 0 radical (unpaired) electrons. The molecule has 0 unspecified atom stereocenters. The van der Waals surface area contributed by atoms with Gasteiger partial charge in [-0.1, -0.05) is 0 Å². The van der Waals surface area contributed by atoms with Gasteiger partial charge in [0.05, 0.1) is 12.7 Å². The highest BCUT2D eigenvalue weighted by Gasteiger charge is 2.32. The zero-order valence-corrected chi connectivity index (χ0v) is 11.6. The highest BCUT2D eigenvalue weighted by Crippen LogP contribution is 2.13. The number of amides is 1. The minimum Gasteiger partial charge on any atom is -0.467 e. The average Bonchev–Trinajstić information content (AvgIpc) is 2.25. The van der Waals surface area contributed by atoms with E-state index in [0.29, 0.717) is 5.56 Å². The van der Waals surface area contributed by atoms with Gasteiger partial charge >= 0.3 is 11.6 Å². The molecule has 104 valence electrons. The molecule has 6 heteroatoms. The van der Waals surface area contributed by atoms with Crippen LogP contribution in [0.3, 0.4) is 0 Å². The van der Waals surface area contributed by atoms with Gasteiger partial charge in [0.1, 0.15) is 11.3 Å². The maximum absolute atomic E-state index is 12.2. The third-order valence-electron chi connectivity index (χ3n) is 2.68. The summed E-state index contributed by atoms with van der Waals surface area (Å²) < 4.78 is 9.48. The van der Waals surface area contributed by atoms with Gasteiger partial charge < -0.3 is 14.5 Å². The molecule has 0 spiro atoms. The lowest BCUT2D eigenvalue weighted by Crippen LogP contribution is -2.50. The maximum atomic E-state index is 12.2. The maximum Gasteiger partial charge on any atom is 0.336 e. The summed E-state index contributed by atoms with van der Waals surface area (Å²) in [5.41, 5.74) is -0.941. The Morgan fingerprint density at radius 1 is 1.32 bits per heavy atom. The number of carbonyl (C=O) groups is 2. The second-order valence-corrected chi connectivity index (χ2v) is 4.75. The lowest BCUT2D eigenvalue weighted by Gasteiger charge is -2.23. The fourth-order valence-corrected chi connectivity index (χ4v) is 1.75. The van der Waals surface area contributed by atoms with Crippen molar-refractivity contribution in [2.75, 3.05) is 7.11 Å². The molecule has 0 aromatic carbocycles. The number of rotatable bonds is 3. The van der Waals surface area contributed by atoms with Crippen LogP contribution in [0.15, 0.2) is 15.3 Å². The van der Waals surface area contributed by atoms with Crippen molar-refractivity contribution in [3.63, 3.8) is 0 Å². The normalized spacial score (nSPS) is 11.0. The van der Waals surface area contributed by atoms with E-state index in [1.54, 1.807) is 6.92 Å². The standard InChI is InChI=1S/C13H17NO5/c1-7-6-9(15)19-8(2)10(7)11(16)14-13(3,4)12(17)18-5/h6H,1-5H3,(H,14,16). The molecular formula is C13H17NO5. The van der Waals surface area contributed by atoms with E-state index in [-0.39, 0.29) is 11.3 Å². The Hall–Kier alpha value is -2.11. The van der Waals surface area contributed by atoms with Crippen LogP contribution in [-0.2, 0) is 9.53 Å². The van der Waals surface area contributed by atoms with Crippen LogP contribution >= 0.6 is 0 Å². The summed E-state index contributed by atoms with van der Waals surface area (Å²) in [7, 11) is 1.24. The van der Waals surface area contributed by atoms with Gasteiger partial charge in [-0.2, -0.15) is 0 Å². The van der Waals surface area contributed by atoms with Gasteiger partial charge in [0.15, 0.2) is 0 Å². The van der Waals surface area contributed by atoms with Crippen LogP contribution in [0, 0.1) is 13.8 Å². The number of methoxy groups -OCH3 is 1. The van der Waals surface area contributed by atoms with Crippen molar-refractivity contribution in [3.05, 3.63) is 33.4 Å². The number of hydrogen-bond donors (Lipinski definition) is 1. The van der Waals surface area contributed by atoms with Crippen LogP contribution in [0.2, 0.25) is 0 Å². The van der Waals surface area contributed by atoms with Crippen molar-refractivity contribution in [1.82, 2.24) is 5.32 Å². The van der Waals surface area contributed by atoms with Gasteiger partial charge in [0.25, 0.3) is 5.91 Å². The van der Waals surface area contributed by atoms with Crippen LogP contribution in [0.1, 0.15) is 35.5 Å². The molecule has 1 aromatic heterocycles. The van der Waals surface area contributed by atoms with Crippen molar-refractivity contribution in [1.29, 1.82) is 0 Å². The summed E-state index contributed by atoms with van der Waals surface area (Å²) in [6, 6.07) is 1.23. The molecular weight excluding hydrogens is 250 g/mol. The number of nitrogens with one attached hydrogen (secondary N) is 1. The number of aryl methyl sites for hydroxylation is 2. The van der Waals surface area contributed by atoms with E-state index in [1.807, 2.05) is 0 Å². The molecule has 1 aromatic rings. The SMILES string of the molecule is COC(=O)C(C)(C)NC(=O)c1c(C)cc(=O)oc1C. The molecule has 1 rings (SSSR count). The minimum absolute atomic E-state index is 0.211. The zero-order chi connectivity index (χ0) is 14.8. The second-order valence-electron chi connectivity index (χ2n) is 4.75. The first-order chi connectivity index (χ1) is 8.69. The molecule has 0 fully saturated rings. The molecule has 0 aliphatic carbocycles. The summed E-state index contributed by atoms with van der Waals surface area (Å²) in [4.78, 5) is 34.8. The Bertz CT molecular complexity index is 545. The Morgan fingerprint density at radius 2 is 1.89 bits per heavy atom. The topological polar surface area (TPSA) is 85.6 Å². The van der Waals surface area contributed by atoms with Crippen LogP contribution in [0.25, 0.3) is 0 Å². The summed E-state index contributed by atoms with van der Waals surface area (Å²) >= 11 is 0. The molecule has 0 atom stereocenters. The van der Waals surface area contributed by atoms with Gasteiger partial charge in [-0.25, -0.2) is 9.59 Å². The van der Waals surface area contributed by atoms with E-state index in [2.05, 4.69) is 10.1 Å². The van der Waals surface area contributed by atoms with E-state index in [0.717, 1.165) is 0 Å². The minimum atomic E-state index is -1.17. The highest BCUT2D eigenvalue weighted by atomic mass is 16.5. The van der Waals surface area contributed by atoms with E-state index in [9.17, 15) is 14.4 Å². The third-order valence-corrected chi connectivity index (χ3v) is 2.68. The van der Waals surface area contributed by atoms with Crippen molar-refractivity contribution >= 4 is 11.9 Å². The van der Waals surface area contributed by atoms with Gasteiger partial charge in [-0.05, 0) is 33.3 Å². The lowest BCUT2D eigenvalue weighted by molar-refractivity contribution is -0.146. The predicted octanol–water partition coefficient (Wildman–Crippen LogP) is 0.938. The fraction of sp³-hybridized carbons (Fsp3) is 0.462. The molecule has 1 heterocycles. The second kappa shape index (κ2) is 5.26. The van der Waals surface area contributed by atoms with Crippen molar-refractivity contribution in [3.8, 4) is 0 Å². The smallest absolute Gasteiger partial charge is 0.336 e. The Morgan fingerprint density at radius 3 is 2.37 bits per heavy atom. The van der Waals surface area contributed by atoms with Crippen LogP contribution in [0.5, 0.6) is 0 Å². The average molecular weight is 267 g/mol. The van der Waals surface area contributed by atoms with E-state index >= 15 is 0 Å². The summed E-state index contributed by atoms with van der Waals surface area (Å²) in [5, 5.41) is 2.55. The first kappa shape index (κ1) is 14.9. The van der Waals surface area contributed by atoms with Gasteiger partial charge in [0.2, 0.25) is 0 Å². The molecule has 19 heavy (non-hydrogen) atoms. The molecule has 0 aliphatic heterocycles. The van der Waals surface area contributed by atoms with Crippen LogP contribution in [-0.4, -0.2) is 24.5 Å². The Balaban J connectivity index is 3.10. The van der Waals surface area contributed by atoms with Crippen LogP contribution < -0.4 is 10.9 Å².